The fraction of sp³-hybridized carbons (Fsp3) is 0.222. The van der Waals surface area contributed by atoms with E-state index < -0.39 is 0 Å². The molecule has 0 amide bonds. The molecule has 0 aromatic heterocycles. The van der Waals surface area contributed by atoms with Crippen LogP contribution in [0.4, 0.5) is 0 Å². The van der Waals surface area contributed by atoms with E-state index in [0.717, 1.165) is 5.56 Å². The highest BCUT2D eigenvalue weighted by molar-refractivity contribution is 8.14. The molecule has 0 spiro atoms. The van der Waals surface area contributed by atoms with Crippen LogP contribution in [-0.2, 0) is 0 Å². The topological polar surface area (TPSA) is 32.6 Å². The van der Waals surface area contributed by atoms with Crippen LogP contribution in [0.1, 0.15) is 5.56 Å². The molecule has 1 N–H and O–H groups in total. The van der Waals surface area contributed by atoms with Gasteiger partial charge >= 0.3 is 0 Å². The first-order valence-corrected chi connectivity index (χ1v) is 5.84. The maximum atomic E-state index is 8.77. The summed E-state index contributed by atoms with van der Waals surface area (Å²) in [5, 5.41) is 13.2. The van der Waals surface area contributed by atoms with E-state index in [4.69, 9.17) is 28.4 Å². The maximum absolute atomic E-state index is 8.77. The van der Waals surface area contributed by atoms with Crippen LogP contribution in [-0.4, -0.2) is 21.9 Å². The number of benzene rings is 1. The van der Waals surface area contributed by atoms with E-state index in [1.165, 1.54) is 11.8 Å². The molecule has 0 bridgehead atoms. The summed E-state index contributed by atoms with van der Waals surface area (Å²) in [6.45, 7) is 0. The van der Waals surface area contributed by atoms with E-state index in [9.17, 15) is 0 Å². The summed E-state index contributed by atoms with van der Waals surface area (Å²) in [4.78, 5) is 0. The normalized spacial score (nSPS) is 11.7. The highest BCUT2D eigenvalue weighted by Crippen LogP contribution is 2.16. The number of rotatable bonds is 3. The zero-order valence-electron chi connectivity index (χ0n) is 7.28. The number of halogens is 2. The smallest absolute Gasteiger partial charge is 0.143 e. The Bertz CT molecular complexity index is 313. The van der Waals surface area contributed by atoms with Crippen LogP contribution in [0, 0.1) is 0 Å². The zero-order valence-corrected chi connectivity index (χ0v) is 9.61. The molecule has 0 aliphatic rings. The van der Waals surface area contributed by atoms with Gasteiger partial charge in [-0.2, -0.15) is 0 Å². The molecular weight excluding hydrogens is 241 g/mol. The van der Waals surface area contributed by atoms with Crippen LogP contribution in [0.15, 0.2) is 29.4 Å². The number of thioether (sulfide) groups is 1. The molecule has 1 rings (SSSR count). The number of nitrogens with zero attached hydrogens (tertiary/aromatic N) is 1. The van der Waals surface area contributed by atoms with Crippen LogP contribution in [0.25, 0.3) is 0 Å². The lowest BCUT2D eigenvalue weighted by atomic mass is 10.2. The minimum absolute atomic E-state index is 0.525. The van der Waals surface area contributed by atoms with Crippen molar-refractivity contribution in [2.45, 2.75) is 0 Å². The molecular formula is C9H9Cl2NOS. The van der Waals surface area contributed by atoms with Crippen LogP contribution in [0.3, 0.4) is 0 Å². The number of alkyl halides is 1. The summed E-state index contributed by atoms with van der Waals surface area (Å²) >= 11 is 12.7. The third-order valence-corrected chi connectivity index (χ3v) is 3.16. The molecule has 1 aromatic carbocycles. The second kappa shape index (κ2) is 6.17. The maximum Gasteiger partial charge on any atom is 0.143 e. The summed E-state index contributed by atoms with van der Waals surface area (Å²) in [7, 11) is 0. The van der Waals surface area contributed by atoms with Crippen molar-refractivity contribution in [2.24, 2.45) is 5.16 Å². The zero-order chi connectivity index (χ0) is 10.4. The van der Waals surface area contributed by atoms with Gasteiger partial charge in [0, 0.05) is 22.2 Å². The molecule has 0 saturated carbocycles. The van der Waals surface area contributed by atoms with Gasteiger partial charge in [0.1, 0.15) is 5.04 Å². The first kappa shape index (κ1) is 11.7. The molecule has 5 heteroatoms. The summed E-state index contributed by atoms with van der Waals surface area (Å²) in [6.07, 6.45) is 0. The fourth-order valence-electron chi connectivity index (χ4n) is 0.898. The van der Waals surface area contributed by atoms with E-state index in [0.29, 0.717) is 21.7 Å². The Morgan fingerprint density at radius 3 is 2.50 bits per heavy atom. The van der Waals surface area contributed by atoms with Crippen molar-refractivity contribution in [3.8, 4) is 0 Å². The molecule has 0 heterocycles. The third kappa shape index (κ3) is 3.40. The lowest BCUT2D eigenvalue weighted by Gasteiger charge is -2.02. The van der Waals surface area contributed by atoms with Gasteiger partial charge in [-0.05, 0) is 12.1 Å². The molecule has 0 fully saturated rings. The van der Waals surface area contributed by atoms with E-state index in [2.05, 4.69) is 5.16 Å². The summed E-state index contributed by atoms with van der Waals surface area (Å²) < 4.78 is 0. The fourth-order valence-corrected chi connectivity index (χ4v) is 1.89. The van der Waals surface area contributed by atoms with Gasteiger partial charge in [-0.1, -0.05) is 28.9 Å². The summed E-state index contributed by atoms with van der Waals surface area (Å²) in [6, 6.07) is 7.11. The van der Waals surface area contributed by atoms with E-state index in [1.807, 2.05) is 0 Å². The first-order valence-electron chi connectivity index (χ1n) is 3.94. The Morgan fingerprint density at radius 2 is 2.00 bits per heavy atom. The standard InChI is InChI=1S/C9H9Cl2NOS/c10-5-6-14-9(12-13)7-1-3-8(11)4-2-7/h1-4,13H,5-6H2. The van der Waals surface area contributed by atoms with Gasteiger partial charge in [-0.15, -0.1) is 23.4 Å². The molecule has 0 unspecified atom stereocenters. The molecule has 0 radical (unpaired) electrons. The Kier molecular flexibility index (Phi) is 5.15. The van der Waals surface area contributed by atoms with E-state index >= 15 is 0 Å². The molecule has 0 aliphatic carbocycles. The van der Waals surface area contributed by atoms with Gasteiger partial charge < -0.3 is 5.21 Å². The SMILES string of the molecule is ON=C(SCCCl)c1ccc(Cl)cc1. The van der Waals surface area contributed by atoms with Gasteiger partial charge in [-0.3, -0.25) is 0 Å². The highest BCUT2D eigenvalue weighted by Gasteiger charge is 2.04. The molecule has 14 heavy (non-hydrogen) atoms. The van der Waals surface area contributed by atoms with Crippen molar-refractivity contribution in [1.82, 2.24) is 0 Å². The number of hydrogen-bond donors (Lipinski definition) is 1. The third-order valence-electron chi connectivity index (χ3n) is 1.50. The van der Waals surface area contributed by atoms with Gasteiger partial charge in [0.25, 0.3) is 0 Å². The minimum atomic E-state index is 0.525. The number of oxime groups is 1. The number of hydrogen-bond acceptors (Lipinski definition) is 3. The van der Waals surface area contributed by atoms with Crippen molar-refractivity contribution in [3.05, 3.63) is 34.9 Å². The predicted molar refractivity (Wildman–Crippen MR) is 63.0 cm³/mol. The summed E-state index contributed by atoms with van der Waals surface area (Å²) in [5.41, 5.74) is 0.840. The predicted octanol–water partition coefficient (Wildman–Crippen LogP) is 3.45. The Labute approximate surface area is 96.9 Å². The average Bonchev–Trinajstić information content (AvgIpc) is 2.21. The highest BCUT2D eigenvalue weighted by atomic mass is 35.5. The van der Waals surface area contributed by atoms with Crippen molar-refractivity contribution in [1.29, 1.82) is 0 Å². The van der Waals surface area contributed by atoms with Crippen LogP contribution in [0.5, 0.6) is 0 Å². The first-order chi connectivity index (χ1) is 6.77. The van der Waals surface area contributed by atoms with Gasteiger partial charge in [-0.25, -0.2) is 0 Å². The van der Waals surface area contributed by atoms with Crippen LogP contribution < -0.4 is 0 Å². The molecule has 1 aromatic rings. The largest absolute Gasteiger partial charge is 0.410 e. The lowest BCUT2D eigenvalue weighted by Crippen LogP contribution is -1.97. The quantitative estimate of drug-likeness (QED) is 0.293. The molecule has 2 nitrogen and oxygen atoms in total. The monoisotopic (exact) mass is 249 g/mol. The van der Waals surface area contributed by atoms with Crippen LogP contribution >= 0.6 is 35.0 Å². The van der Waals surface area contributed by atoms with Crippen molar-refractivity contribution in [2.75, 3.05) is 11.6 Å². The molecule has 0 aliphatic heterocycles. The second-order valence-corrected chi connectivity index (χ2v) is 4.35. The van der Waals surface area contributed by atoms with Crippen molar-refractivity contribution < 1.29 is 5.21 Å². The Hall–Kier alpha value is -0.380. The van der Waals surface area contributed by atoms with E-state index in [1.54, 1.807) is 24.3 Å². The van der Waals surface area contributed by atoms with Gasteiger partial charge in [0.05, 0.1) is 0 Å². The molecule has 76 valence electrons. The average molecular weight is 250 g/mol. The Balaban J connectivity index is 2.75. The lowest BCUT2D eigenvalue weighted by molar-refractivity contribution is 0.321. The van der Waals surface area contributed by atoms with Gasteiger partial charge in [0.2, 0.25) is 0 Å². The minimum Gasteiger partial charge on any atom is -0.410 e. The molecule has 0 saturated heterocycles. The Morgan fingerprint density at radius 1 is 1.36 bits per heavy atom. The van der Waals surface area contributed by atoms with Crippen molar-refractivity contribution >= 4 is 40.0 Å². The van der Waals surface area contributed by atoms with E-state index in [-0.39, 0.29) is 0 Å². The van der Waals surface area contributed by atoms with Gasteiger partial charge in [0.15, 0.2) is 0 Å². The second-order valence-electron chi connectivity index (χ2n) is 2.45. The summed E-state index contributed by atoms with van der Waals surface area (Å²) in [5.74, 6) is 1.24. The van der Waals surface area contributed by atoms with Crippen molar-refractivity contribution in [3.63, 3.8) is 0 Å². The molecule has 0 atom stereocenters. The van der Waals surface area contributed by atoms with Crippen LogP contribution in [0.2, 0.25) is 5.02 Å².